The summed E-state index contributed by atoms with van der Waals surface area (Å²) >= 11 is 0. The van der Waals surface area contributed by atoms with E-state index in [4.69, 9.17) is 15.7 Å². The van der Waals surface area contributed by atoms with Crippen LogP contribution in [0.25, 0.3) is 0 Å². The molecule has 6 radical (unpaired) electrons. The van der Waals surface area contributed by atoms with Gasteiger partial charge in [0.05, 0.1) is 14.6 Å². The van der Waals surface area contributed by atoms with Gasteiger partial charge in [-0.1, -0.05) is 44.2 Å². The molecule has 2 fully saturated rings. The van der Waals surface area contributed by atoms with Crippen molar-refractivity contribution in [2.45, 2.75) is 43.3 Å². The number of hydrogen-bond acceptors (Lipinski definition) is 0. The van der Waals surface area contributed by atoms with Gasteiger partial charge in [0.25, 0.3) is 0 Å². The van der Waals surface area contributed by atoms with Crippen LogP contribution in [0.2, 0.25) is 10.7 Å². The quantitative estimate of drug-likeness (QED) is 0.515. The normalized spacial score (nSPS) is 38.5. The molecule has 0 spiro atoms. The van der Waals surface area contributed by atoms with E-state index in [0.717, 1.165) is 11.8 Å². The van der Waals surface area contributed by atoms with Crippen LogP contribution in [0.1, 0.15) is 32.6 Å². The second-order valence-corrected chi connectivity index (χ2v) is 4.93. The molecule has 0 aromatic heterocycles. The maximum Gasteiger partial charge on any atom is 0.0839 e. The molecular formula is C9H14B4. The van der Waals surface area contributed by atoms with E-state index >= 15 is 0 Å². The molecule has 1 aliphatic heterocycles. The van der Waals surface area contributed by atoms with Crippen molar-refractivity contribution < 1.29 is 0 Å². The Morgan fingerprint density at radius 1 is 1.08 bits per heavy atom. The minimum atomic E-state index is -0.562. The molecule has 4 heteroatoms. The molecule has 1 heterocycles. The molecule has 0 unspecified atom stereocenters. The van der Waals surface area contributed by atoms with Crippen molar-refractivity contribution in [1.29, 1.82) is 0 Å². The zero-order chi connectivity index (χ0) is 9.47. The van der Waals surface area contributed by atoms with Gasteiger partial charge in [-0.3, -0.25) is 0 Å². The third-order valence-corrected chi connectivity index (χ3v) is 3.57. The van der Waals surface area contributed by atoms with Crippen LogP contribution in [-0.2, 0) is 0 Å². The van der Waals surface area contributed by atoms with E-state index in [1.807, 2.05) is 0 Å². The zero-order valence-electron chi connectivity index (χ0n) is 8.37. The van der Waals surface area contributed by atoms with Crippen molar-refractivity contribution >= 4 is 30.3 Å². The first kappa shape index (κ1) is 9.80. The largest absolute Gasteiger partial charge is 0.151 e. The highest BCUT2D eigenvalue weighted by Crippen LogP contribution is 2.45. The van der Waals surface area contributed by atoms with E-state index in [0.29, 0.717) is 5.72 Å². The molecule has 1 saturated carbocycles. The van der Waals surface area contributed by atoms with Gasteiger partial charge < -0.3 is 0 Å². The Kier molecular flexibility index (Phi) is 2.59. The summed E-state index contributed by atoms with van der Waals surface area (Å²) in [6.45, 7) is 2.35. The molecule has 0 aromatic rings. The lowest BCUT2D eigenvalue weighted by atomic mass is 8.99. The fourth-order valence-electron chi connectivity index (χ4n) is 2.59. The predicted molar refractivity (Wildman–Crippen MR) is 60.6 cm³/mol. The highest BCUT2D eigenvalue weighted by atomic mass is 14.3. The average Bonchev–Trinajstić information content (AvgIpc) is 2.01. The third kappa shape index (κ3) is 2.19. The molecule has 0 amide bonds. The Balaban J connectivity index is 1.78. The van der Waals surface area contributed by atoms with Crippen LogP contribution in [0.15, 0.2) is 0 Å². The summed E-state index contributed by atoms with van der Waals surface area (Å²) in [5.74, 6) is 1.76. The first-order valence-electron chi connectivity index (χ1n) is 5.37. The van der Waals surface area contributed by atoms with Crippen LogP contribution in [0.5, 0.6) is 0 Å². The Bertz CT molecular complexity index is 176. The van der Waals surface area contributed by atoms with Crippen LogP contribution in [0.4, 0.5) is 0 Å². The fraction of sp³-hybridized carbons (Fsp3) is 1.00. The van der Waals surface area contributed by atoms with Gasteiger partial charge in [-0.15, -0.1) is 0 Å². The van der Waals surface area contributed by atoms with Crippen molar-refractivity contribution in [2.24, 2.45) is 11.8 Å². The zero-order valence-corrected chi connectivity index (χ0v) is 8.37. The van der Waals surface area contributed by atoms with E-state index < -0.39 is 5.01 Å². The van der Waals surface area contributed by atoms with Gasteiger partial charge in [-0.05, 0) is 5.92 Å². The molecule has 2 rings (SSSR count). The van der Waals surface area contributed by atoms with Crippen molar-refractivity contribution in [1.82, 2.24) is 0 Å². The van der Waals surface area contributed by atoms with E-state index in [-0.39, 0.29) is 0 Å². The van der Waals surface area contributed by atoms with Crippen LogP contribution in [0.3, 0.4) is 0 Å². The lowest BCUT2D eigenvalue weighted by Gasteiger charge is -2.48. The van der Waals surface area contributed by atoms with Crippen LogP contribution in [-0.4, -0.2) is 30.3 Å². The molecule has 0 aromatic carbocycles. The summed E-state index contributed by atoms with van der Waals surface area (Å²) < 4.78 is 0. The number of rotatable bonds is 1. The molecule has 0 nitrogen and oxygen atoms in total. The summed E-state index contributed by atoms with van der Waals surface area (Å²) in [5.41, 5.74) is 0.600. The molecule has 13 heavy (non-hydrogen) atoms. The van der Waals surface area contributed by atoms with Crippen molar-refractivity contribution in [2.75, 3.05) is 0 Å². The Hall–Kier alpha value is 0.260. The fourth-order valence-corrected chi connectivity index (χ4v) is 2.59. The molecule has 0 N–H and O–H groups in total. The topological polar surface area (TPSA) is 0 Å². The Morgan fingerprint density at radius 2 is 1.62 bits per heavy atom. The molecule has 2 aliphatic rings. The van der Waals surface area contributed by atoms with Crippen molar-refractivity contribution in [3.63, 3.8) is 0 Å². The van der Waals surface area contributed by atoms with Gasteiger partial charge in [0, 0.05) is 15.7 Å². The maximum absolute atomic E-state index is 5.71. The number of hydrogen-bond donors (Lipinski definition) is 0. The van der Waals surface area contributed by atoms with Gasteiger partial charge in [0.2, 0.25) is 0 Å². The molecular weight excluding hydrogens is 151 g/mol. The van der Waals surface area contributed by atoms with Gasteiger partial charge in [-0.25, -0.2) is 0 Å². The summed E-state index contributed by atoms with van der Waals surface area (Å²) in [6.07, 6.45) is 5.47. The summed E-state index contributed by atoms with van der Waals surface area (Å²) in [4.78, 5) is 0. The summed E-state index contributed by atoms with van der Waals surface area (Å²) in [6, 6.07) is 0. The Labute approximate surface area is 85.9 Å². The highest BCUT2D eigenvalue weighted by Gasteiger charge is 2.41. The van der Waals surface area contributed by atoms with Crippen molar-refractivity contribution in [3.05, 3.63) is 0 Å². The maximum atomic E-state index is 5.71. The van der Waals surface area contributed by atoms with E-state index in [1.165, 1.54) is 25.7 Å². The molecule has 1 saturated heterocycles. The lowest BCUT2D eigenvalue weighted by molar-refractivity contribution is 0.296. The van der Waals surface area contributed by atoms with Gasteiger partial charge >= 0.3 is 0 Å². The molecule has 1 aliphatic carbocycles. The standard InChI is InChI=1S/C9H14B4/c1-6-2-4-7(5-3-6)8-12-9(10,11)13-8/h6-8H,2-5H2,1H3. The van der Waals surface area contributed by atoms with E-state index in [1.54, 1.807) is 0 Å². The van der Waals surface area contributed by atoms with Crippen molar-refractivity contribution in [3.8, 4) is 0 Å². The van der Waals surface area contributed by atoms with Gasteiger partial charge in [-0.2, -0.15) is 5.01 Å². The van der Waals surface area contributed by atoms with Crippen LogP contribution < -0.4 is 0 Å². The van der Waals surface area contributed by atoms with Gasteiger partial charge in [0.15, 0.2) is 0 Å². The smallest absolute Gasteiger partial charge is 0.0839 e. The molecule has 0 atom stereocenters. The Morgan fingerprint density at radius 3 is 2.08 bits per heavy atom. The van der Waals surface area contributed by atoms with Crippen LogP contribution in [0, 0.1) is 11.8 Å². The monoisotopic (exact) mass is 166 g/mol. The minimum absolute atomic E-state index is 0.562. The van der Waals surface area contributed by atoms with E-state index in [9.17, 15) is 0 Å². The van der Waals surface area contributed by atoms with Crippen LogP contribution >= 0.6 is 0 Å². The summed E-state index contributed by atoms with van der Waals surface area (Å²) in [5, 5.41) is -0.562. The molecule has 62 valence electrons. The third-order valence-electron chi connectivity index (χ3n) is 3.57. The first-order chi connectivity index (χ1) is 6.07. The average molecular weight is 165 g/mol. The second kappa shape index (κ2) is 3.44. The first-order valence-corrected chi connectivity index (χ1v) is 5.37. The minimum Gasteiger partial charge on any atom is -0.151 e. The predicted octanol–water partition coefficient (Wildman–Crippen LogP) is 1.35. The summed E-state index contributed by atoms with van der Waals surface area (Å²) in [7, 11) is 15.6. The lowest BCUT2D eigenvalue weighted by Crippen LogP contribution is -2.49. The SMILES string of the molecule is [B]C1([B])[B]C(C2CCC(C)CC2)[B]1. The van der Waals surface area contributed by atoms with E-state index in [2.05, 4.69) is 21.5 Å². The second-order valence-electron chi connectivity index (χ2n) is 4.93. The highest BCUT2D eigenvalue weighted by molar-refractivity contribution is 7.00. The molecule has 0 bridgehead atoms. The van der Waals surface area contributed by atoms with Gasteiger partial charge in [0.1, 0.15) is 0 Å².